The van der Waals surface area contributed by atoms with Crippen LogP contribution in [-0.4, -0.2) is 43.4 Å². The summed E-state index contributed by atoms with van der Waals surface area (Å²) in [5, 5.41) is 7.14. The molecule has 2 aromatic rings. The van der Waals surface area contributed by atoms with Gasteiger partial charge in [0.1, 0.15) is 0 Å². The molecule has 0 unspecified atom stereocenters. The summed E-state index contributed by atoms with van der Waals surface area (Å²) in [6.45, 7) is 3.95. The lowest BCUT2D eigenvalue weighted by Crippen LogP contribution is -2.19. The first-order chi connectivity index (χ1) is 10.9. The van der Waals surface area contributed by atoms with E-state index >= 15 is 0 Å². The smallest absolute Gasteiger partial charge is 0.229 e. The van der Waals surface area contributed by atoms with Crippen LogP contribution in [0.5, 0.6) is 0 Å². The molecule has 1 aromatic carbocycles. The number of benzene rings is 1. The minimum absolute atomic E-state index is 0.553. The van der Waals surface area contributed by atoms with E-state index in [9.17, 15) is 8.42 Å². The SMILES string of the molecule is CCCCN(C)Cc1cn[nH]c1-c1ccccc1NS(C)(=O)=O. The third-order valence-corrected chi connectivity index (χ3v) is 4.13. The van der Waals surface area contributed by atoms with Gasteiger partial charge in [0, 0.05) is 17.7 Å². The molecule has 0 aliphatic carbocycles. The van der Waals surface area contributed by atoms with Crippen LogP contribution >= 0.6 is 0 Å². The van der Waals surface area contributed by atoms with Crippen LogP contribution in [0.15, 0.2) is 30.5 Å². The van der Waals surface area contributed by atoms with Crippen molar-refractivity contribution in [2.24, 2.45) is 0 Å². The van der Waals surface area contributed by atoms with Crippen LogP contribution in [0.2, 0.25) is 0 Å². The van der Waals surface area contributed by atoms with Gasteiger partial charge in [-0.3, -0.25) is 9.82 Å². The van der Waals surface area contributed by atoms with Crippen LogP contribution < -0.4 is 4.72 Å². The molecule has 0 amide bonds. The number of rotatable bonds is 8. The summed E-state index contributed by atoms with van der Waals surface area (Å²) in [7, 11) is -1.26. The number of aromatic amines is 1. The lowest BCUT2D eigenvalue weighted by molar-refractivity contribution is 0.321. The maximum absolute atomic E-state index is 11.6. The van der Waals surface area contributed by atoms with Crippen LogP contribution in [0.25, 0.3) is 11.3 Å². The van der Waals surface area contributed by atoms with Gasteiger partial charge in [-0.15, -0.1) is 0 Å². The van der Waals surface area contributed by atoms with Gasteiger partial charge in [0.05, 0.1) is 23.8 Å². The van der Waals surface area contributed by atoms with Gasteiger partial charge in [-0.25, -0.2) is 8.42 Å². The highest BCUT2D eigenvalue weighted by Gasteiger charge is 2.14. The van der Waals surface area contributed by atoms with Crippen LogP contribution in [0, 0.1) is 0 Å². The highest BCUT2D eigenvalue weighted by atomic mass is 32.2. The summed E-state index contributed by atoms with van der Waals surface area (Å²) in [5.41, 5.74) is 3.25. The van der Waals surface area contributed by atoms with Crippen molar-refractivity contribution in [3.05, 3.63) is 36.0 Å². The molecule has 2 N–H and O–H groups in total. The largest absolute Gasteiger partial charge is 0.302 e. The standard InChI is InChI=1S/C16H24N4O2S/c1-4-5-10-20(2)12-13-11-17-18-16(13)14-8-6-7-9-15(14)19-23(3,21)22/h6-9,11,19H,4-5,10,12H2,1-3H3,(H,17,18). The molecule has 0 radical (unpaired) electrons. The predicted octanol–water partition coefficient (Wildman–Crippen LogP) is 2.68. The van der Waals surface area contributed by atoms with E-state index < -0.39 is 10.0 Å². The maximum atomic E-state index is 11.6. The Bertz CT molecular complexity index is 740. The van der Waals surface area contributed by atoms with E-state index in [1.807, 2.05) is 12.1 Å². The van der Waals surface area contributed by atoms with Gasteiger partial charge >= 0.3 is 0 Å². The van der Waals surface area contributed by atoms with Gasteiger partial charge in [-0.05, 0) is 26.1 Å². The van der Waals surface area contributed by atoms with Crippen molar-refractivity contribution in [2.75, 3.05) is 24.6 Å². The third-order valence-electron chi connectivity index (χ3n) is 3.54. The number of para-hydroxylation sites is 1. The van der Waals surface area contributed by atoms with Crippen molar-refractivity contribution in [1.82, 2.24) is 15.1 Å². The van der Waals surface area contributed by atoms with Crippen molar-refractivity contribution in [3.8, 4) is 11.3 Å². The summed E-state index contributed by atoms with van der Waals surface area (Å²) < 4.78 is 25.7. The first-order valence-corrected chi connectivity index (χ1v) is 9.58. The molecule has 1 aromatic heterocycles. The van der Waals surface area contributed by atoms with Crippen molar-refractivity contribution < 1.29 is 8.42 Å². The molecule has 0 atom stereocenters. The van der Waals surface area contributed by atoms with Crippen LogP contribution in [0.1, 0.15) is 25.3 Å². The Labute approximate surface area is 138 Å². The average Bonchev–Trinajstić information content (AvgIpc) is 2.92. The summed E-state index contributed by atoms with van der Waals surface area (Å²) in [6.07, 6.45) is 5.25. The first-order valence-electron chi connectivity index (χ1n) is 7.68. The maximum Gasteiger partial charge on any atom is 0.229 e. The van der Waals surface area contributed by atoms with Gasteiger partial charge in [0.2, 0.25) is 10.0 Å². The molecule has 0 spiro atoms. The molecule has 0 saturated carbocycles. The van der Waals surface area contributed by atoms with E-state index in [-0.39, 0.29) is 0 Å². The van der Waals surface area contributed by atoms with Crippen molar-refractivity contribution >= 4 is 15.7 Å². The minimum atomic E-state index is -3.33. The third kappa shape index (κ3) is 5.07. The summed E-state index contributed by atoms with van der Waals surface area (Å²) in [4.78, 5) is 2.24. The number of aromatic nitrogens is 2. The van der Waals surface area contributed by atoms with E-state index in [1.54, 1.807) is 18.3 Å². The number of unbranched alkanes of at least 4 members (excludes halogenated alkanes) is 1. The number of sulfonamides is 1. The van der Waals surface area contributed by atoms with E-state index in [0.717, 1.165) is 49.0 Å². The van der Waals surface area contributed by atoms with E-state index in [2.05, 4.69) is 33.8 Å². The Morgan fingerprint density at radius 1 is 1.30 bits per heavy atom. The number of nitrogens with one attached hydrogen (secondary N) is 2. The van der Waals surface area contributed by atoms with Crippen molar-refractivity contribution in [3.63, 3.8) is 0 Å². The highest BCUT2D eigenvalue weighted by molar-refractivity contribution is 7.92. The van der Waals surface area contributed by atoms with Gasteiger partial charge < -0.3 is 4.90 Å². The first kappa shape index (κ1) is 17.5. The predicted molar refractivity (Wildman–Crippen MR) is 93.7 cm³/mol. The van der Waals surface area contributed by atoms with E-state index in [4.69, 9.17) is 0 Å². The fourth-order valence-corrected chi connectivity index (χ4v) is 3.03. The molecular weight excluding hydrogens is 312 g/mol. The van der Waals surface area contributed by atoms with Crippen LogP contribution in [-0.2, 0) is 16.6 Å². The number of anilines is 1. The molecule has 126 valence electrons. The van der Waals surface area contributed by atoms with Gasteiger partial charge in [0.15, 0.2) is 0 Å². The van der Waals surface area contributed by atoms with Crippen LogP contribution in [0.3, 0.4) is 0 Å². The van der Waals surface area contributed by atoms with Crippen molar-refractivity contribution in [2.45, 2.75) is 26.3 Å². The Morgan fingerprint density at radius 2 is 2.04 bits per heavy atom. The molecule has 0 bridgehead atoms. The van der Waals surface area contributed by atoms with E-state index in [0.29, 0.717) is 5.69 Å². The second-order valence-corrected chi connectivity index (χ2v) is 7.53. The quantitative estimate of drug-likeness (QED) is 0.777. The molecule has 0 fully saturated rings. The van der Waals surface area contributed by atoms with Gasteiger partial charge in [-0.1, -0.05) is 31.5 Å². The molecule has 23 heavy (non-hydrogen) atoms. The molecule has 7 heteroatoms. The van der Waals surface area contributed by atoms with Crippen LogP contribution in [0.4, 0.5) is 5.69 Å². The summed E-state index contributed by atoms with van der Waals surface area (Å²) >= 11 is 0. The Balaban J connectivity index is 2.28. The van der Waals surface area contributed by atoms with E-state index in [1.165, 1.54) is 0 Å². The number of hydrogen-bond acceptors (Lipinski definition) is 4. The molecule has 1 heterocycles. The second-order valence-electron chi connectivity index (χ2n) is 5.78. The Kier molecular flexibility index (Phi) is 5.79. The topological polar surface area (TPSA) is 78.1 Å². The van der Waals surface area contributed by atoms with Crippen molar-refractivity contribution in [1.29, 1.82) is 0 Å². The molecule has 0 saturated heterocycles. The number of nitrogens with zero attached hydrogens (tertiary/aromatic N) is 2. The second kappa shape index (κ2) is 7.61. The molecule has 2 rings (SSSR count). The molecule has 0 aliphatic heterocycles. The monoisotopic (exact) mass is 336 g/mol. The highest BCUT2D eigenvalue weighted by Crippen LogP contribution is 2.29. The zero-order valence-electron chi connectivity index (χ0n) is 13.8. The zero-order chi connectivity index (χ0) is 16.9. The average molecular weight is 336 g/mol. The van der Waals surface area contributed by atoms with Gasteiger partial charge in [0.25, 0.3) is 0 Å². The number of hydrogen-bond donors (Lipinski definition) is 2. The minimum Gasteiger partial charge on any atom is -0.302 e. The lowest BCUT2D eigenvalue weighted by atomic mass is 10.1. The fraction of sp³-hybridized carbons (Fsp3) is 0.438. The summed E-state index contributed by atoms with van der Waals surface area (Å²) in [6, 6.07) is 7.33. The molecule has 0 aliphatic rings. The normalized spacial score (nSPS) is 11.8. The fourth-order valence-electron chi connectivity index (χ4n) is 2.45. The zero-order valence-corrected chi connectivity index (χ0v) is 14.7. The Hall–Kier alpha value is -1.86. The summed E-state index contributed by atoms with van der Waals surface area (Å²) in [5.74, 6) is 0. The van der Waals surface area contributed by atoms with Gasteiger partial charge in [-0.2, -0.15) is 5.10 Å². The Morgan fingerprint density at radius 3 is 2.74 bits per heavy atom. The lowest BCUT2D eigenvalue weighted by Gasteiger charge is -2.17. The molecular formula is C16H24N4O2S. The molecule has 6 nitrogen and oxygen atoms in total. The number of H-pyrrole nitrogens is 1.